The van der Waals surface area contributed by atoms with E-state index >= 15 is 0 Å². The molecule has 0 aliphatic carbocycles. The summed E-state index contributed by atoms with van der Waals surface area (Å²) < 4.78 is 0. The summed E-state index contributed by atoms with van der Waals surface area (Å²) in [6, 6.07) is 3.28. The number of hydrogen-bond acceptors (Lipinski definition) is 3. The van der Waals surface area contributed by atoms with Gasteiger partial charge in [-0.1, -0.05) is 11.6 Å². The van der Waals surface area contributed by atoms with Crippen LogP contribution in [-0.4, -0.2) is 54.4 Å². The summed E-state index contributed by atoms with van der Waals surface area (Å²) in [5.74, 6) is -0.0567. The highest BCUT2D eigenvalue weighted by molar-refractivity contribution is 6.30. The van der Waals surface area contributed by atoms with Gasteiger partial charge in [0.1, 0.15) is 5.69 Å². The van der Waals surface area contributed by atoms with Crippen molar-refractivity contribution < 1.29 is 4.79 Å². The predicted molar refractivity (Wildman–Crippen MR) is 74.0 cm³/mol. The van der Waals surface area contributed by atoms with Crippen molar-refractivity contribution in [3.05, 3.63) is 29.0 Å². The van der Waals surface area contributed by atoms with Gasteiger partial charge < -0.3 is 9.80 Å². The van der Waals surface area contributed by atoms with Crippen molar-refractivity contribution in [2.24, 2.45) is 0 Å². The summed E-state index contributed by atoms with van der Waals surface area (Å²) in [5, 5.41) is 0.540. The van der Waals surface area contributed by atoms with E-state index in [9.17, 15) is 4.79 Å². The number of nitrogens with zero attached hydrogens (tertiary/aromatic N) is 3. The summed E-state index contributed by atoms with van der Waals surface area (Å²) in [6.45, 7) is 4.35. The first-order valence-electron chi connectivity index (χ1n) is 6.10. The first-order valence-corrected chi connectivity index (χ1v) is 6.48. The van der Waals surface area contributed by atoms with E-state index in [1.807, 2.05) is 21.0 Å². The van der Waals surface area contributed by atoms with E-state index in [2.05, 4.69) is 9.88 Å². The topological polar surface area (TPSA) is 36.4 Å². The van der Waals surface area contributed by atoms with Gasteiger partial charge in [-0.3, -0.25) is 9.78 Å². The van der Waals surface area contributed by atoms with E-state index in [-0.39, 0.29) is 5.91 Å². The minimum Gasteiger partial charge on any atom is -0.338 e. The molecule has 0 saturated heterocycles. The Labute approximate surface area is 114 Å². The third kappa shape index (κ3) is 4.63. The maximum Gasteiger partial charge on any atom is 0.272 e. The molecule has 0 aromatic carbocycles. The molecular formula is C13H20ClN3O. The molecule has 0 radical (unpaired) electrons. The average Bonchev–Trinajstić information content (AvgIpc) is 2.33. The number of halogens is 1. The second-order valence-corrected chi connectivity index (χ2v) is 4.84. The SMILES string of the molecule is CCN(CCCN(C)C)C(=O)c1cc(Cl)ccn1. The summed E-state index contributed by atoms with van der Waals surface area (Å²) in [4.78, 5) is 20.2. The third-order valence-electron chi connectivity index (χ3n) is 2.64. The maximum absolute atomic E-state index is 12.2. The van der Waals surface area contributed by atoms with Crippen LogP contribution in [-0.2, 0) is 0 Å². The van der Waals surface area contributed by atoms with Crippen LogP contribution in [0.5, 0.6) is 0 Å². The minimum absolute atomic E-state index is 0.0567. The minimum atomic E-state index is -0.0567. The lowest BCUT2D eigenvalue weighted by Crippen LogP contribution is -2.33. The molecule has 0 fully saturated rings. The van der Waals surface area contributed by atoms with Crippen LogP contribution in [0.15, 0.2) is 18.3 Å². The van der Waals surface area contributed by atoms with Crippen molar-refractivity contribution in [3.8, 4) is 0 Å². The monoisotopic (exact) mass is 269 g/mol. The Bertz CT molecular complexity index is 396. The molecule has 0 atom stereocenters. The van der Waals surface area contributed by atoms with Crippen molar-refractivity contribution in [1.82, 2.24) is 14.8 Å². The lowest BCUT2D eigenvalue weighted by atomic mass is 10.3. The largest absolute Gasteiger partial charge is 0.338 e. The molecule has 0 bridgehead atoms. The van der Waals surface area contributed by atoms with Gasteiger partial charge >= 0.3 is 0 Å². The Hall–Kier alpha value is -1.13. The normalized spacial score (nSPS) is 10.7. The van der Waals surface area contributed by atoms with Gasteiger partial charge in [-0.25, -0.2) is 0 Å². The fraction of sp³-hybridized carbons (Fsp3) is 0.538. The number of pyridine rings is 1. The maximum atomic E-state index is 12.2. The standard InChI is InChI=1S/C13H20ClN3O/c1-4-17(9-5-8-16(2)3)13(18)12-10-11(14)6-7-15-12/h6-7,10H,4-5,8-9H2,1-3H3. The van der Waals surface area contributed by atoms with Crippen LogP contribution in [0, 0.1) is 0 Å². The first-order chi connectivity index (χ1) is 8.54. The fourth-order valence-corrected chi connectivity index (χ4v) is 1.82. The summed E-state index contributed by atoms with van der Waals surface area (Å²) in [6.07, 6.45) is 2.51. The molecule has 5 heteroatoms. The van der Waals surface area contributed by atoms with Crippen molar-refractivity contribution in [2.75, 3.05) is 33.7 Å². The van der Waals surface area contributed by atoms with Gasteiger partial charge in [-0.2, -0.15) is 0 Å². The van der Waals surface area contributed by atoms with Crippen molar-refractivity contribution in [1.29, 1.82) is 0 Å². The zero-order valence-corrected chi connectivity index (χ0v) is 11.9. The zero-order chi connectivity index (χ0) is 13.5. The number of amides is 1. The van der Waals surface area contributed by atoms with Gasteiger partial charge in [0.25, 0.3) is 5.91 Å². The molecule has 100 valence electrons. The van der Waals surface area contributed by atoms with E-state index in [4.69, 9.17) is 11.6 Å². The second-order valence-electron chi connectivity index (χ2n) is 4.40. The van der Waals surface area contributed by atoms with Crippen LogP contribution in [0.4, 0.5) is 0 Å². The number of hydrogen-bond donors (Lipinski definition) is 0. The summed E-state index contributed by atoms with van der Waals surface area (Å²) in [7, 11) is 4.05. The van der Waals surface area contributed by atoms with E-state index in [0.717, 1.165) is 19.5 Å². The molecule has 0 N–H and O–H groups in total. The molecule has 1 rings (SSSR count). The van der Waals surface area contributed by atoms with Gasteiger partial charge in [0.15, 0.2) is 0 Å². The van der Waals surface area contributed by atoms with Crippen LogP contribution < -0.4 is 0 Å². The molecule has 1 amide bonds. The molecule has 0 aliphatic heterocycles. The highest BCUT2D eigenvalue weighted by atomic mass is 35.5. The van der Waals surface area contributed by atoms with Crippen molar-refractivity contribution >= 4 is 17.5 Å². The Morgan fingerprint density at radius 3 is 2.67 bits per heavy atom. The zero-order valence-electron chi connectivity index (χ0n) is 11.2. The van der Waals surface area contributed by atoms with Crippen molar-refractivity contribution in [2.45, 2.75) is 13.3 Å². The highest BCUT2D eigenvalue weighted by Crippen LogP contribution is 2.10. The van der Waals surface area contributed by atoms with E-state index in [1.54, 1.807) is 23.2 Å². The lowest BCUT2D eigenvalue weighted by molar-refractivity contribution is 0.0753. The number of aromatic nitrogens is 1. The van der Waals surface area contributed by atoms with Crippen LogP contribution in [0.3, 0.4) is 0 Å². The van der Waals surface area contributed by atoms with Gasteiger partial charge in [0.05, 0.1) is 0 Å². The van der Waals surface area contributed by atoms with Crippen molar-refractivity contribution in [3.63, 3.8) is 0 Å². The average molecular weight is 270 g/mol. The number of carbonyl (C=O) groups excluding carboxylic acids is 1. The van der Waals surface area contributed by atoms with Gasteiger partial charge in [-0.15, -0.1) is 0 Å². The quantitative estimate of drug-likeness (QED) is 0.794. The molecule has 0 spiro atoms. The Morgan fingerprint density at radius 2 is 2.11 bits per heavy atom. The van der Waals surface area contributed by atoms with Crippen LogP contribution in [0.25, 0.3) is 0 Å². The lowest BCUT2D eigenvalue weighted by Gasteiger charge is -2.21. The smallest absolute Gasteiger partial charge is 0.272 e. The second kappa shape index (κ2) is 7.34. The molecular weight excluding hydrogens is 250 g/mol. The molecule has 1 aromatic rings. The third-order valence-corrected chi connectivity index (χ3v) is 2.88. The van der Waals surface area contributed by atoms with Crippen LogP contribution in [0.2, 0.25) is 5.02 Å². The van der Waals surface area contributed by atoms with E-state index < -0.39 is 0 Å². The number of rotatable bonds is 6. The van der Waals surface area contributed by atoms with E-state index in [1.165, 1.54) is 0 Å². The number of carbonyl (C=O) groups is 1. The molecule has 1 heterocycles. The predicted octanol–water partition coefficient (Wildman–Crippen LogP) is 2.15. The molecule has 4 nitrogen and oxygen atoms in total. The molecule has 0 saturated carbocycles. The summed E-state index contributed by atoms with van der Waals surface area (Å²) in [5.41, 5.74) is 0.411. The van der Waals surface area contributed by atoms with Gasteiger partial charge in [-0.05, 0) is 46.1 Å². The van der Waals surface area contributed by atoms with E-state index in [0.29, 0.717) is 17.3 Å². The molecule has 0 aliphatic rings. The molecule has 1 aromatic heterocycles. The molecule has 0 unspecified atom stereocenters. The van der Waals surface area contributed by atoms with Crippen LogP contribution >= 0.6 is 11.6 Å². The van der Waals surface area contributed by atoms with Gasteiger partial charge in [0.2, 0.25) is 0 Å². The van der Waals surface area contributed by atoms with Gasteiger partial charge in [0, 0.05) is 24.3 Å². The Balaban J connectivity index is 2.62. The fourth-order valence-electron chi connectivity index (χ4n) is 1.66. The summed E-state index contributed by atoms with van der Waals surface area (Å²) >= 11 is 5.87. The molecule has 18 heavy (non-hydrogen) atoms. The highest BCUT2D eigenvalue weighted by Gasteiger charge is 2.15. The van der Waals surface area contributed by atoms with Crippen LogP contribution in [0.1, 0.15) is 23.8 Å². The Morgan fingerprint density at radius 1 is 1.39 bits per heavy atom. The Kier molecular flexibility index (Phi) is 6.09. The first kappa shape index (κ1) is 14.9.